The second-order valence-electron chi connectivity index (χ2n) is 1.99. The van der Waals surface area contributed by atoms with Gasteiger partial charge < -0.3 is 0 Å². The van der Waals surface area contributed by atoms with Crippen LogP contribution in [0, 0.1) is 0 Å². The van der Waals surface area contributed by atoms with Gasteiger partial charge in [-0.1, -0.05) is 0 Å². The van der Waals surface area contributed by atoms with Crippen LogP contribution in [0.2, 0.25) is 0 Å². The molecule has 0 saturated carbocycles. The molecule has 0 aromatic carbocycles. The Balaban J connectivity index is 2.14. The summed E-state index contributed by atoms with van der Waals surface area (Å²) in [6, 6.07) is 0. The van der Waals surface area contributed by atoms with E-state index in [1.165, 1.54) is 6.42 Å². The summed E-state index contributed by atoms with van der Waals surface area (Å²) in [6.45, 7) is 3.73. The molecule has 0 aromatic rings. The quantitative estimate of drug-likeness (QED) is 0.469. The van der Waals surface area contributed by atoms with Gasteiger partial charge in [-0.3, -0.25) is 4.90 Å². The molecule has 1 aliphatic rings. The standard InChI is InChI=1S/C5H10NO/c1-5(7)6-3-2-4-6/h5H,2-4H2,1H3. The van der Waals surface area contributed by atoms with Crippen molar-refractivity contribution in [2.24, 2.45) is 0 Å². The van der Waals surface area contributed by atoms with Crippen LogP contribution in [0.3, 0.4) is 0 Å². The maximum absolute atomic E-state index is 10.4. The maximum atomic E-state index is 10.4. The molecule has 1 rings (SSSR count). The molecule has 0 amide bonds. The van der Waals surface area contributed by atoms with Gasteiger partial charge in [0, 0.05) is 13.1 Å². The van der Waals surface area contributed by atoms with Crippen molar-refractivity contribution >= 4 is 0 Å². The highest BCUT2D eigenvalue weighted by atomic mass is 16.3. The van der Waals surface area contributed by atoms with E-state index >= 15 is 0 Å². The Bertz CT molecular complexity index is 59.1. The largest absolute Gasteiger partial charge is 0.276 e. The van der Waals surface area contributed by atoms with Gasteiger partial charge in [0.1, 0.15) is 6.23 Å². The molecule has 0 aromatic heterocycles. The summed E-state index contributed by atoms with van der Waals surface area (Å²) in [4.78, 5) is 1.92. The van der Waals surface area contributed by atoms with Gasteiger partial charge >= 0.3 is 0 Å². The van der Waals surface area contributed by atoms with Crippen molar-refractivity contribution in [1.29, 1.82) is 0 Å². The molecule has 0 N–H and O–H groups in total. The molecule has 7 heavy (non-hydrogen) atoms. The molecule has 2 heteroatoms. The van der Waals surface area contributed by atoms with Crippen LogP contribution in [0.1, 0.15) is 13.3 Å². The van der Waals surface area contributed by atoms with E-state index in [1.54, 1.807) is 6.92 Å². The molecule has 1 atom stereocenters. The van der Waals surface area contributed by atoms with Gasteiger partial charge in [-0.05, 0) is 13.3 Å². The van der Waals surface area contributed by atoms with Crippen LogP contribution in [0.15, 0.2) is 0 Å². The molecular formula is C5H10NO. The van der Waals surface area contributed by atoms with E-state index in [9.17, 15) is 5.11 Å². The first-order chi connectivity index (χ1) is 3.30. The summed E-state index contributed by atoms with van der Waals surface area (Å²) < 4.78 is 0. The topological polar surface area (TPSA) is 23.1 Å². The molecule has 41 valence electrons. The summed E-state index contributed by atoms with van der Waals surface area (Å²) in [5.41, 5.74) is 0. The first-order valence-corrected chi connectivity index (χ1v) is 2.70. The van der Waals surface area contributed by atoms with E-state index in [2.05, 4.69) is 0 Å². The van der Waals surface area contributed by atoms with E-state index in [0.29, 0.717) is 0 Å². The minimum Gasteiger partial charge on any atom is -0.276 e. The van der Waals surface area contributed by atoms with Crippen molar-refractivity contribution < 1.29 is 5.11 Å². The Kier molecular flexibility index (Phi) is 1.30. The SMILES string of the molecule is CC([O])N1CCC1. The van der Waals surface area contributed by atoms with E-state index in [4.69, 9.17) is 0 Å². The zero-order valence-electron chi connectivity index (χ0n) is 4.55. The lowest BCUT2D eigenvalue weighted by molar-refractivity contribution is -0.0654. The molecular weight excluding hydrogens is 90.1 g/mol. The number of hydrogen-bond acceptors (Lipinski definition) is 1. The second kappa shape index (κ2) is 1.80. The summed E-state index contributed by atoms with van der Waals surface area (Å²) >= 11 is 0. The Morgan fingerprint density at radius 2 is 2.14 bits per heavy atom. The number of nitrogens with zero attached hydrogens (tertiary/aromatic N) is 1. The maximum Gasteiger partial charge on any atom is 0.143 e. The molecule has 1 heterocycles. The number of hydrogen-bond donors (Lipinski definition) is 0. The summed E-state index contributed by atoms with van der Waals surface area (Å²) in [5, 5.41) is 10.4. The van der Waals surface area contributed by atoms with Crippen molar-refractivity contribution in [2.45, 2.75) is 19.6 Å². The molecule has 0 bridgehead atoms. The van der Waals surface area contributed by atoms with Gasteiger partial charge in [0.05, 0.1) is 0 Å². The first-order valence-electron chi connectivity index (χ1n) is 2.70. The fraction of sp³-hybridized carbons (Fsp3) is 1.00. The molecule has 2 nitrogen and oxygen atoms in total. The van der Waals surface area contributed by atoms with Gasteiger partial charge in [-0.15, -0.1) is 0 Å². The van der Waals surface area contributed by atoms with Crippen LogP contribution >= 0.6 is 0 Å². The van der Waals surface area contributed by atoms with Crippen LogP contribution in [-0.4, -0.2) is 24.2 Å². The highest BCUT2D eigenvalue weighted by Crippen LogP contribution is 2.07. The monoisotopic (exact) mass is 100 g/mol. The Labute approximate surface area is 43.7 Å². The summed E-state index contributed by atoms with van der Waals surface area (Å²) in [6.07, 6.45) is 0.751. The number of likely N-dealkylation sites (tertiary alicyclic amines) is 1. The van der Waals surface area contributed by atoms with Crippen molar-refractivity contribution in [3.05, 3.63) is 0 Å². The van der Waals surface area contributed by atoms with Gasteiger partial charge in [-0.2, -0.15) is 0 Å². The summed E-state index contributed by atoms with van der Waals surface area (Å²) in [7, 11) is 0. The summed E-state index contributed by atoms with van der Waals surface area (Å²) in [5.74, 6) is 0. The third-order valence-electron chi connectivity index (χ3n) is 1.40. The van der Waals surface area contributed by atoms with E-state index < -0.39 is 6.23 Å². The average molecular weight is 100 g/mol. The number of rotatable bonds is 1. The molecule has 1 aliphatic heterocycles. The van der Waals surface area contributed by atoms with Crippen LogP contribution in [0.4, 0.5) is 0 Å². The van der Waals surface area contributed by atoms with Crippen LogP contribution in [-0.2, 0) is 5.11 Å². The van der Waals surface area contributed by atoms with Crippen molar-refractivity contribution in [1.82, 2.24) is 4.90 Å². The smallest absolute Gasteiger partial charge is 0.143 e. The minimum absolute atomic E-state index is 0.464. The molecule has 1 radical (unpaired) electrons. The Morgan fingerprint density at radius 1 is 1.57 bits per heavy atom. The van der Waals surface area contributed by atoms with Crippen LogP contribution in [0.25, 0.3) is 0 Å². The fourth-order valence-electron chi connectivity index (χ4n) is 0.704. The van der Waals surface area contributed by atoms with Crippen molar-refractivity contribution in [3.63, 3.8) is 0 Å². The van der Waals surface area contributed by atoms with Crippen LogP contribution < -0.4 is 0 Å². The lowest BCUT2D eigenvalue weighted by Gasteiger charge is -2.31. The molecule has 1 fully saturated rings. The van der Waals surface area contributed by atoms with E-state index in [1.807, 2.05) is 4.90 Å². The average Bonchev–Trinajstić information content (AvgIpc) is 1.23. The molecule has 0 aliphatic carbocycles. The van der Waals surface area contributed by atoms with E-state index in [-0.39, 0.29) is 0 Å². The van der Waals surface area contributed by atoms with Crippen molar-refractivity contribution in [2.75, 3.05) is 13.1 Å². The lowest BCUT2D eigenvalue weighted by Crippen LogP contribution is -2.42. The van der Waals surface area contributed by atoms with Gasteiger partial charge in [0.15, 0.2) is 0 Å². The van der Waals surface area contributed by atoms with Gasteiger partial charge in [-0.25, -0.2) is 5.11 Å². The zero-order chi connectivity index (χ0) is 5.28. The molecule has 1 unspecified atom stereocenters. The lowest BCUT2D eigenvalue weighted by atomic mass is 10.2. The fourth-order valence-corrected chi connectivity index (χ4v) is 0.704. The van der Waals surface area contributed by atoms with Gasteiger partial charge in [0.25, 0.3) is 0 Å². The Morgan fingerprint density at radius 3 is 2.14 bits per heavy atom. The van der Waals surface area contributed by atoms with Crippen molar-refractivity contribution in [3.8, 4) is 0 Å². The zero-order valence-corrected chi connectivity index (χ0v) is 4.55. The minimum atomic E-state index is -0.464. The van der Waals surface area contributed by atoms with E-state index in [0.717, 1.165) is 13.1 Å². The highest BCUT2D eigenvalue weighted by Gasteiger charge is 2.18. The predicted octanol–water partition coefficient (Wildman–Crippen LogP) is 0.469. The molecule has 1 saturated heterocycles. The third kappa shape index (κ3) is 0.924. The Hall–Kier alpha value is -0.0800. The first kappa shape index (κ1) is 5.06. The predicted molar refractivity (Wildman–Crippen MR) is 26.3 cm³/mol. The van der Waals surface area contributed by atoms with Crippen LogP contribution in [0.5, 0.6) is 0 Å². The second-order valence-corrected chi connectivity index (χ2v) is 1.99. The molecule has 0 spiro atoms. The van der Waals surface area contributed by atoms with Gasteiger partial charge in [0.2, 0.25) is 0 Å². The highest BCUT2D eigenvalue weighted by molar-refractivity contribution is 4.67. The third-order valence-corrected chi connectivity index (χ3v) is 1.40. The normalized spacial score (nSPS) is 26.6.